The van der Waals surface area contributed by atoms with E-state index < -0.39 is 41.3 Å². The molecule has 0 radical (unpaired) electrons. The Bertz CT molecular complexity index is 1110. The average molecular weight is 510 g/mol. The number of hydrogen-bond acceptors (Lipinski definition) is 8. The summed E-state index contributed by atoms with van der Waals surface area (Å²) in [5.74, 6) is -0.778. The average Bonchev–Trinajstić information content (AvgIpc) is 3.13. The zero-order valence-corrected chi connectivity index (χ0v) is 21.5. The fraction of sp³-hybridized carbons (Fsp3) is 0.481. The number of aromatic nitrogens is 1. The Morgan fingerprint density at radius 3 is 2.68 bits per heavy atom. The molecule has 3 heterocycles. The van der Waals surface area contributed by atoms with E-state index in [0.717, 1.165) is 11.1 Å². The van der Waals surface area contributed by atoms with E-state index in [1.807, 2.05) is 42.5 Å². The summed E-state index contributed by atoms with van der Waals surface area (Å²) in [5, 5.41) is 6.11. The van der Waals surface area contributed by atoms with E-state index in [0.29, 0.717) is 19.4 Å². The standard InChI is InChI=1S/C27H35N5O5/c1-26(2,28)24(34)31-20(17-36-16-18-8-5-4-6-9-18)22(33)23-27(14-19-10-7-12-29-15-19)21(11-13-30-23)37-25(35)32(27)3/h4-10,12,15,20-21,23,30H,11,13-14,16-17,28H2,1-3H3,(H,31,34)/t20-,21?,23?,27?/m1/s1. The number of nitrogens with zero attached hydrogens (tertiary/aromatic N) is 2. The number of Topliss-reactive ketones (excluding diaryl/α,β-unsaturated/α-hetero) is 1. The predicted molar refractivity (Wildman–Crippen MR) is 136 cm³/mol. The molecule has 10 heteroatoms. The molecule has 4 N–H and O–H groups in total. The van der Waals surface area contributed by atoms with Gasteiger partial charge in [-0.2, -0.15) is 0 Å². The van der Waals surface area contributed by atoms with Crippen LogP contribution in [0.2, 0.25) is 0 Å². The number of likely N-dealkylation sites (N-methyl/N-ethyl adjacent to an activating group) is 1. The minimum atomic E-state index is -1.20. The summed E-state index contributed by atoms with van der Waals surface area (Å²) >= 11 is 0. The normalized spacial score (nSPS) is 24.2. The third-order valence-electron chi connectivity index (χ3n) is 7.08. The van der Waals surface area contributed by atoms with Crippen molar-refractivity contribution >= 4 is 17.8 Å². The Morgan fingerprint density at radius 1 is 1.27 bits per heavy atom. The lowest BCUT2D eigenvalue weighted by molar-refractivity contribution is -0.135. The topological polar surface area (TPSA) is 136 Å². The number of nitrogens with two attached hydrogens (primary N) is 1. The summed E-state index contributed by atoms with van der Waals surface area (Å²) in [6.45, 7) is 3.84. The molecule has 1 aromatic heterocycles. The summed E-state index contributed by atoms with van der Waals surface area (Å²) in [6.07, 6.45) is 3.30. The molecule has 2 amide bonds. The number of nitrogens with one attached hydrogen (secondary N) is 2. The van der Waals surface area contributed by atoms with Crippen LogP contribution in [0.4, 0.5) is 4.79 Å². The van der Waals surface area contributed by atoms with Crippen LogP contribution in [0.1, 0.15) is 31.4 Å². The van der Waals surface area contributed by atoms with Crippen LogP contribution in [-0.2, 0) is 32.1 Å². The van der Waals surface area contributed by atoms with Crippen molar-refractivity contribution in [3.8, 4) is 0 Å². The second kappa shape index (κ2) is 11.0. The first kappa shape index (κ1) is 26.7. The highest BCUT2D eigenvalue weighted by atomic mass is 16.6. The number of benzene rings is 1. The van der Waals surface area contributed by atoms with E-state index in [9.17, 15) is 14.4 Å². The van der Waals surface area contributed by atoms with Crippen LogP contribution in [0.5, 0.6) is 0 Å². The van der Waals surface area contributed by atoms with Crippen molar-refractivity contribution in [3.63, 3.8) is 0 Å². The molecule has 1 aromatic carbocycles. The number of ether oxygens (including phenoxy) is 2. The van der Waals surface area contributed by atoms with Crippen molar-refractivity contribution in [3.05, 3.63) is 66.0 Å². The highest BCUT2D eigenvalue weighted by Gasteiger charge is 2.62. The van der Waals surface area contributed by atoms with Crippen LogP contribution in [-0.4, -0.2) is 77.1 Å². The maximum Gasteiger partial charge on any atom is 0.410 e. The summed E-state index contributed by atoms with van der Waals surface area (Å²) in [5.41, 5.74) is 5.63. The smallest absolute Gasteiger partial charge is 0.410 e. The number of rotatable bonds is 10. The molecule has 0 bridgehead atoms. The van der Waals surface area contributed by atoms with Gasteiger partial charge in [0.1, 0.15) is 17.7 Å². The van der Waals surface area contributed by atoms with Gasteiger partial charge in [-0.15, -0.1) is 0 Å². The Morgan fingerprint density at radius 2 is 2.00 bits per heavy atom. The van der Waals surface area contributed by atoms with E-state index in [1.54, 1.807) is 33.3 Å². The van der Waals surface area contributed by atoms with Gasteiger partial charge in [0.05, 0.1) is 24.8 Å². The Kier molecular flexibility index (Phi) is 7.91. The van der Waals surface area contributed by atoms with Gasteiger partial charge in [-0.3, -0.25) is 19.5 Å². The van der Waals surface area contributed by atoms with Gasteiger partial charge < -0.3 is 25.8 Å². The fourth-order valence-corrected chi connectivity index (χ4v) is 5.03. The molecule has 3 unspecified atom stereocenters. The molecule has 0 saturated carbocycles. The molecule has 198 valence electrons. The second-order valence-corrected chi connectivity index (χ2v) is 10.3. The largest absolute Gasteiger partial charge is 0.443 e. The highest BCUT2D eigenvalue weighted by Crippen LogP contribution is 2.40. The zero-order chi connectivity index (χ0) is 26.6. The first-order valence-corrected chi connectivity index (χ1v) is 12.4. The lowest BCUT2D eigenvalue weighted by Gasteiger charge is -2.47. The molecular formula is C27H35N5O5. The second-order valence-electron chi connectivity index (χ2n) is 10.3. The highest BCUT2D eigenvalue weighted by molar-refractivity contribution is 5.96. The van der Waals surface area contributed by atoms with E-state index in [2.05, 4.69) is 15.6 Å². The molecule has 10 nitrogen and oxygen atoms in total. The first-order valence-electron chi connectivity index (χ1n) is 12.4. The third kappa shape index (κ3) is 5.66. The van der Waals surface area contributed by atoms with Gasteiger partial charge in [-0.25, -0.2) is 4.79 Å². The van der Waals surface area contributed by atoms with Crippen LogP contribution < -0.4 is 16.4 Å². The van der Waals surface area contributed by atoms with Crippen LogP contribution in [0.25, 0.3) is 0 Å². The van der Waals surface area contributed by atoms with Gasteiger partial charge in [0, 0.05) is 25.9 Å². The number of ketones is 1. The minimum Gasteiger partial charge on any atom is -0.443 e. The molecular weight excluding hydrogens is 474 g/mol. The molecule has 2 saturated heterocycles. The number of piperidine rings is 1. The first-order chi connectivity index (χ1) is 17.6. The number of amides is 2. The van der Waals surface area contributed by atoms with Gasteiger partial charge in [0.15, 0.2) is 5.78 Å². The molecule has 4 rings (SSSR count). The summed E-state index contributed by atoms with van der Waals surface area (Å²) < 4.78 is 11.6. The summed E-state index contributed by atoms with van der Waals surface area (Å²) in [4.78, 5) is 45.5. The van der Waals surface area contributed by atoms with Crippen molar-refractivity contribution in [1.29, 1.82) is 0 Å². The number of fused-ring (bicyclic) bond motifs is 1. The van der Waals surface area contributed by atoms with Gasteiger partial charge in [-0.05, 0) is 44.0 Å². The number of hydrogen-bond donors (Lipinski definition) is 3. The molecule has 37 heavy (non-hydrogen) atoms. The van der Waals surface area contributed by atoms with Crippen LogP contribution in [0.3, 0.4) is 0 Å². The van der Waals surface area contributed by atoms with Crippen molar-refractivity contribution in [1.82, 2.24) is 20.5 Å². The van der Waals surface area contributed by atoms with E-state index in [4.69, 9.17) is 15.2 Å². The molecule has 2 aliphatic heterocycles. The molecule has 0 spiro atoms. The quantitative estimate of drug-likeness (QED) is 0.435. The van der Waals surface area contributed by atoms with Crippen molar-refractivity contribution in [2.45, 2.75) is 62.6 Å². The van der Waals surface area contributed by atoms with Gasteiger partial charge in [0.25, 0.3) is 0 Å². The van der Waals surface area contributed by atoms with E-state index in [-0.39, 0.29) is 19.0 Å². The van der Waals surface area contributed by atoms with Crippen molar-refractivity contribution < 1.29 is 23.9 Å². The zero-order valence-electron chi connectivity index (χ0n) is 21.5. The third-order valence-corrected chi connectivity index (χ3v) is 7.08. The monoisotopic (exact) mass is 509 g/mol. The van der Waals surface area contributed by atoms with E-state index >= 15 is 0 Å². The summed E-state index contributed by atoms with van der Waals surface area (Å²) in [7, 11) is 1.65. The number of carbonyl (C=O) groups is 3. The molecule has 0 aliphatic carbocycles. The maximum absolute atomic E-state index is 14.2. The predicted octanol–water partition coefficient (Wildman–Crippen LogP) is 1.18. The van der Waals surface area contributed by atoms with Crippen molar-refractivity contribution in [2.75, 3.05) is 20.2 Å². The Balaban J connectivity index is 1.63. The van der Waals surface area contributed by atoms with Gasteiger partial charge in [0.2, 0.25) is 5.91 Å². The number of carbonyl (C=O) groups excluding carboxylic acids is 3. The van der Waals surface area contributed by atoms with Crippen LogP contribution >= 0.6 is 0 Å². The Hall–Kier alpha value is -3.34. The molecule has 2 aliphatic rings. The fourth-order valence-electron chi connectivity index (χ4n) is 5.03. The van der Waals surface area contributed by atoms with Crippen LogP contribution in [0.15, 0.2) is 54.9 Å². The molecule has 2 aromatic rings. The number of pyridine rings is 1. The Labute approximate surface area is 216 Å². The molecule has 2 fully saturated rings. The maximum atomic E-state index is 14.2. The van der Waals surface area contributed by atoms with E-state index in [1.165, 1.54) is 4.90 Å². The van der Waals surface area contributed by atoms with Crippen molar-refractivity contribution in [2.24, 2.45) is 5.73 Å². The SMILES string of the molecule is CN1C(=O)OC2CCNC(C(=O)[C@@H](COCc3ccccc3)NC(=O)C(C)(C)N)C21Cc1cccnc1. The lowest BCUT2D eigenvalue weighted by atomic mass is 9.72. The van der Waals surface area contributed by atoms with Crippen LogP contribution in [0, 0.1) is 0 Å². The molecule has 4 atom stereocenters. The summed E-state index contributed by atoms with van der Waals surface area (Å²) in [6, 6.07) is 11.5. The minimum absolute atomic E-state index is 0.0557. The van der Waals surface area contributed by atoms with Gasteiger partial charge >= 0.3 is 6.09 Å². The van der Waals surface area contributed by atoms with Gasteiger partial charge in [-0.1, -0.05) is 36.4 Å². The lowest BCUT2D eigenvalue weighted by Crippen LogP contribution is -2.72.